The van der Waals surface area contributed by atoms with Crippen molar-refractivity contribution in [2.45, 2.75) is 43.1 Å². The van der Waals surface area contributed by atoms with E-state index in [1.165, 1.54) is 21.2 Å². The van der Waals surface area contributed by atoms with Crippen LogP contribution in [0.2, 0.25) is 0 Å². The Morgan fingerprint density at radius 1 is 1.08 bits per heavy atom. The molecule has 1 heterocycles. The van der Waals surface area contributed by atoms with Crippen LogP contribution in [0.25, 0.3) is 0 Å². The van der Waals surface area contributed by atoms with Crippen LogP contribution in [0.4, 0.5) is 11.4 Å². The highest BCUT2D eigenvalue weighted by molar-refractivity contribution is 7.99. The summed E-state index contributed by atoms with van der Waals surface area (Å²) in [5.74, 6) is 0. The van der Waals surface area contributed by atoms with E-state index in [-0.39, 0.29) is 0 Å². The maximum Gasteiger partial charge on any atom is 0.104 e. The van der Waals surface area contributed by atoms with E-state index in [2.05, 4.69) is 67.0 Å². The van der Waals surface area contributed by atoms with Crippen molar-refractivity contribution in [1.82, 2.24) is 4.90 Å². The lowest BCUT2D eigenvalue weighted by molar-refractivity contribution is 0.213. The minimum absolute atomic E-state index is 0.303. The monoisotopic (exact) mass is 371 g/mol. The Morgan fingerprint density at radius 3 is 2.40 bits per heavy atom. The van der Waals surface area contributed by atoms with Crippen molar-refractivity contribution in [3.8, 4) is 0 Å². The Kier molecular flexibility index (Phi) is 5.67. The van der Waals surface area contributed by atoms with Crippen LogP contribution in [0.1, 0.15) is 32.8 Å². The number of anilines is 2. The van der Waals surface area contributed by atoms with E-state index in [9.17, 15) is 0 Å². The SMILES string of the molecule is CCC(N(CC)CC)N1c2ccccc2Sc2ccc(C(N)=S)cc21. The number of hydrogen-bond donors (Lipinski definition) is 1. The van der Waals surface area contributed by atoms with Crippen molar-refractivity contribution < 1.29 is 0 Å². The molecule has 2 aromatic rings. The molecule has 0 saturated heterocycles. The maximum absolute atomic E-state index is 5.90. The van der Waals surface area contributed by atoms with Crippen LogP contribution in [0.3, 0.4) is 0 Å². The number of fused-ring (bicyclic) bond motifs is 2. The standard InChI is InChI=1S/C20H25N3S2/c1-4-19(22(5-2)6-3)23-15-9-7-8-10-17(15)25-18-12-11-14(20(21)24)13-16(18)23/h7-13,19H,4-6H2,1-3H3,(H2,21,24). The smallest absolute Gasteiger partial charge is 0.104 e. The quantitative estimate of drug-likeness (QED) is 0.722. The predicted octanol–water partition coefficient (Wildman–Crippen LogP) is 5.00. The van der Waals surface area contributed by atoms with E-state index in [0.717, 1.165) is 25.1 Å². The van der Waals surface area contributed by atoms with Gasteiger partial charge in [-0.25, -0.2) is 0 Å². The molecule has 1 atom stereocenters. The molecule has 1 unspecified atom stereocenters. The van der Waals surface area contributed by atoms with Crippen LogP contribution in [0.15, 0.2) is 52.3 Å². The first-order valence-corrected chi connectivity index (χ1v) is 10.1. The average molecular weight is 372 g/mol. The van der Waals surface area contributed by atoms with Gasteiger partial charge in [0.2, 0.25) is 0 Å². The third-order valence-electron chi connectivity index (χ3n) is 4.74. The normalized spacial score (nSPS) is 14.2. The summed E-state index contributed by atoms with van der Waals surface area (Å²) in [6, 6.07) is 15.0. The number of hydrogen-bond acceptors (Lipinski definition) is 4. The molecular formula is C20H25N3S2. The highest BCUT2D eigenvalue weighted by Crippen LogP contribution is 2.49. The van der Waals surface area contributed by atoms with E-state index >= 15 is 0 Å². The second kappa shape index (κ2) is 7.77. The molecule has 0 aromatic heterocycles. The van der Waals surface area contributed by atoms with Gasteiger partial charge < -0.3 is 10.6 Å². The van der Waals surface area contributed by atoms with Crippen LogP contribution >= 0.6 is 24.0 Å². The zero-order valence-corrected chi connectivity index (χ0v) is 16.7. The Balaban J connectivity index is 2.18. The van der Waals surface area contributed by atoms with Gasteiger partial charge in [-0.05, 0) is 43.8 Å². The molecule has 3 nitrogen and oxygen atoms in total. The van der Waals surface area contributed by atoms with Gasteiger partial charge >= 0.3 is 0 Å². The second-order valence-corrected chi connectivity index (χ2v) is 7.62. The van der Waals surface area contributed by atoms with Crippen LogP contribution in [0.5, 0.6) is 0 Å². The molecule has 0 saturated carbocycles. The van der Waals surface area contributed by atoms with E-state index in [1.54, 1.807) is 0 Å². The molecule has 0 fully saturated rings. The first kappa shape index (κ1) is 18.2. The minimum atomic E-state index is 0.303. The molecule has 0 amide bonds. The zero-order valence-electron chi connectivity index (χ0n) is 15.0. The van der Waals surface area contributed by atoms with Crippen molar-refractivity contribution in [1.29, 1.82) is 0 Å². The number of rotatable bonds is 6. The summed E-state index contributed by atoms with van der Waals surface area (Å²) in [6.45, 7) is 8.74. The third kappa shape index (κ3) is 3.41. The Labute approximate surface area is 160 Å². The van der Waals surface area contributed by atoms with Gasteiger partial charge in [0.05, 0.1) is 17.5 Å². The largest absolute Gasteiger partial charge is 0.389 e. The van der Waals surface area contributed by atoms with Crippen molar-refractivity contribution in [3.05, 3.63) is 48.0 Å². The Morgan fingerprint density at radius 2 is 1.76 bits per heavy atom. The molecular weight excluding hydrogens is 346 g/mol. The number of nitrogens with two attached hydrogens (primary N) is 1. The van der Waals surface area contributed by atoms with Gasteiger partial charge in [-0.3, -0.25) is 4.90 Å². The van der Waals surface area contributed by atoms with Crippen LogP contribution < -0.4 is 10.6 Å². The third-order valence-corrected chi connectivity index (χ3v) is 6.11. The summed E-state index contributed by atoms with van der Waals surface area (Å²) in [5, 5.41) is 0. The van der Waals surface area contributed by atoms with Crippen LogP contribution in [-0.4, -0.2) is 29.1 Å². The van der Waals surface area contributed by atoms with Crippen molar-refractivity contribution >= 4 is 40.3 Å². The molecule has 1 aliphatic rings. The van der Waals surface area contributed by atoms with E-state index in [1.807, 2.05) is 17.8 Å². The van der Waals surface area contributed by atoms with Crippen LogP contribution in [0, 0.1) is 0 Å². The molecule has 0 spiro atoms. The summed E-state index contributed by atoms with van der Waals surface area (Å²) >= 11 is 7.03. The van der Waals surface area contributed by atoms with Crippen molar-refractivity contribution in [2.75, 3.05) is 18.0 Å². The maximum atomic E-state index is 5.90. The van der Waals surface area contributed by atoms with E-state index in [0.29, 0.717) is 11.2 Å². The molecule has 25 heavy (non-hydrogen) atoms. The highest BCUT2D eigenvalue weighted by atomic mass is 32.2. The van der Waals surface area contributed by atoms with Gasteiger partial charge in [0.15, 0.2) is 0 Å². The van der Waals surface area contributed by atoms with Crippen molar-refractivity contribution in [2.24, 2.45) is 5.73 Å². The van der Waals surface area contributed by atoms with Gasteiger partial charge in [0, 0.05) is 15.4 Å². The molecule has 3 rings (SSSR count). The Bertz CT molecular complexity index is 771. The van der Waals surface area contributed by atoms with Gasteiger partial charge in [-0.1, -0.05) is 63.0 Å². The molecule has 0 aliphatic carbocycles. The topological polar surface area (TPSA) is 32.5 Å². The molecule has 0 radical (unpaired) electrons. The second-order valence-electron chi connectivity index (χ2n) is 6.10. The zero-order chi connectivity index (χ0) is 18.0. The molecule has 1 aliphatic heterocycles. The lowest BCUT2D eigenvalue weighted by atomic mass is 10.1. The molecule has 2 N–H and O–H groups in total. The predicted molar refractivity (Wildman–Crippen MR) is 112 cm³/mol. The highest BCUT2D eigenvalue weighted by Gasteiger charge is 2.31. The summed E-state index contributed by atoms with van der Waals surface area (Å²) in [6.07, 6.45) is 1.34. The van der Waals surface area contributed by atoms with Gasteiger partial charge in [-0.15, -0.1) is 0 Å². The molecule has 2 aromatic carbocycles. The van der Waals surface area contributed by atoms with Crippen molar-refractivity contribution in [3.63, 3.8) is 0 Å². The fourth-order valence-electron chi connectivity index (χ4n) is 3.51. The van der Waals surface area contributed by atoms with Crippen LogP contribution in [-0.2, 0) is 0 Å². The minimum Gasteiger partial charge on any atom is -0.389 e. The Hall–Kier alpha value is -1.56. The number of benzene rings is 2. The van der Waals surface area contributed by atoms with E-state index < -0.39 is 0 Å². The summed E-state index contributed by atoms with van der Waals surface area (Å²) in [4.78, 5) is 7.97. The molecule has 132 valence electrons. The van der Waals surface area contributed by atoms with Gasteiger partial charge in [-0.2, -0.15) is 0 Å². The number of nitrogens with zero attached hydrogens (tertiary/aromatic N) is 2. The lowest BCUT2D eigenvalue weighted by Crippen LogP contribution is -2.46. The molecule has 0 bridgehead atoms. The lowest BCUT2D eigenvalue weighted by Gasteiger charge is -2.43. The van der Waals surface area contributed by atoms with Gasteiger partial charge in [0.25, 0.3) is 0 Å². The summed E-state index contributed by atoms with van der Waals surface area (Å²) < 4.78 is 0. The first-order valence-electron chi connectivity index (χ1n) is 8.84. The first-order chi connectivity index (χ1) is 12.1. The fraction of sp³-hybridized carbons (Fsp3) is 0.350. The van der Waals surface area contributed by atoms with E-state index in [4.69, 9.17) is 18.0 Å². The molecule has 5 heteroatoms. The fourth-order valence-corrected chi connectivity index (χ4v) is 4.69. The summed E-state index contributed by atoms with van der Waals surface area (Å²) in [7, 11) is 0. The average Bonchev–Trinajstić information content (AvgIpc) is 2.64. The number of thiocarbonyl (C=S) groups is 1. The number of para-hydroxylation sites is 1. The van der Waals surface area contributed by atoms with Gasteiger partial charge in [0.1, 0.15) is 4.99 Å². The summed E-state index contributed by atoms with van der Waals surface area (Å²) in [5.41, 5.74) is 9.29.